The number of nitrogens with one attached hydrogen (secondary N) is 1. The average molecular weight is 164 g/mol. The topological polar surface area (TPSA) is 55.1 Å². The minimum Gasteiger partial charge on any atom is -0.323 e. The highest BCUT2D eigenvalue weighted by molar-refractivity contribution is 5.86. The molecule has 0 aliphatic carbocycles. The zero-order chi connectivity index (χ0) is 8.97. The van der Waals surface area contributed by atoms with Gasteiger partial charge in [-0.05, 0) is 18.1 Å². The second kappa shape index (κ2) is 3.88. The van der Waals surface area contributed by atoms with Crippen molar-refractivity contribution in [2.75, 3.05) is 5.43 Å². The fraction of sp³-hybridized carbons (Fsp3) is 0.222. The molecule has 0 aromatic heterocycles. The first-order chi connectivity index (χ1) is 5.83. The van der Waals surface area contributed by atoms with E-state index in [4.69, 9.17) is 5.84 Å². The largest absolute Gasteiger partial charge is 0.323 e. The summed E-state index contributed by atoms with van der Waals surface area (Å²) in [5.74, 6) is 5.24. The molecule has 0 spiro atoms. The molecule has 0 aliphatic rings. The van der Waals surface area contributed by atoms with E-state index in [0.717, 1.165) is 18.3 Å². The average Bonchev–Trinajstić information content (AvgIpc) is 2.16. The summed E-state index contributed by atoms with van der Waals surface area (Å²) in [4.78, 5) is 10.7. The van der Waals surface area contributed by atoms with Gasteiger partial charge in [0.2, 0.25) is 0 Å². The Bertz CT molecular complexity index is 262. The molecule has 0 saturated carbocycles. The molecule has 0 radical (unpaired) electrons. The number of nitrogens with two attached hydrogens (primary N) is 1. The van der Waals surface area contributed by atoms with Crippen molar-refractivity contribution in [1.29, 1.82) is 0 Å². The lowest BCUT2D eigenvalue weighted by Crippen LogP contribution is -2.10. The van der Waals surface area contributed by atoms with Crippen LogP contribution in [-0.2, 0) is 6.42 Å². The third-order valence-electron chi connectivity index (χ3n) is 1.85. The van der Waals surface area contributed by atoms with Gasteiger partial charge in [0.05, 0.1) is 5.69 Å². The van der Waals surface area contributed by atoms with Crippen LogP contribution in [0.25, 0.3) is 0 Å². The molecule has 3 nitrogen and oxygen atoms in total. The van der Waals surface area contributed by atoms with Gasteiger partial charge in [-0.1, -0.05) is 19.1 Å². The van der Waals surface area contributed by atoms with E-state index in [1.165, 1.54) is 0 Å². The molecule has 3 N–H and O–H groups in total. The number of hydrogen-bond donors (Lipinski definition) is 2. The van der Waals surface area contributed by atoms with E-state index < -0.39 is 0 Å². The van der Waals surface area contributed by atoms with Crippen molar-refractivity contribution in [1.82, 2.24) is 0 Å². The zero-order valence-corrected chi connectivity index (χ0v) is 7.00. The van der Waals surface area contributed by atoms with Gasteiger partial charge in [-0.25, -0.2) is 0 Å². The predicted octanol–water partition coefficient (Wildman–Crippen LogP) is 1.35. The first-order valence-electron chi connectivity index (χ1n) is 3.87. The lowest BCUT2D eigenvalue weighted by molar-refractivity contribution is 0.112. The molecule has 0 bridgehead atoms. The Morgan fingerprint density at radius 3 is 2.83 bits per heavy atom. The van der Waals surface area contributed by atoms with Gasteiger partial charge in [0.1, 0.15) is 0 Å². The van der Waals surface area contributed by atoms with Gasteiger partial charge in [0.15, 0.2) is 6.29 Å². The van der Waals surface area contributed by atoms with Gasteiger partial charge in [-0.15, -0.1) is 0 Å². The van der Waals surface area contributed by atoms with Crippen molar-refractivity contribution in [2.45, 2.75) is 13.3 Å². The summed E-state index contributed by atoms with van der Waals surface area (Å²) in [5.41, 5.74) is 4.84. The molecule has 64 valence electrons. The second-order valence-electron chi connectivity index (χ2n) is 2.49. The molecule has 0 saturated heterocycles. The van der Waals surface area contributed by atoms with Crippen LogP contribution in [0.2, 0.25) is 0 Å². The van der Waals surface area contributed by atoms with E-state index in [2.05, 4.69) is 5.43 Å². The third-order valence-corrected chi connectivity index (χ3v) is 1.85. The number of aryl methyl sites for hydroxylation is 1. The number of carbonyl (C=O) groups is 1. The standard InChI is InChI=1S/C9H12N2O/c1-2-7-4-3-5-9(11-10)8(7)6-12/h3-6,11H,2,10H2,1H3. The highest BCUT2D eigenvalue weighted by atomic mass is 16.1. The number of nitrogen functional groups attached to an aromatic ring is 1. The molecule has 0 amide bonds. The maximum atomic E-state index is 10.7. The molecule has 1 aromatic rings. The van der Waals surface area contributed by atoms with Crippen LogP contribution < -0.4 is 11.3 Å². The number of benzene rings is 1. The molecule has 1 rings (SSSR count). The Morgan fingerprint density at radius 2 is 2.33 bits per heavy atom. The molecular formula is C9H12N2O. The van der Waals surface area contributed by atoms with Crippen molar-refractivity contribution in [3.05, 3.63) is 29.3 Å². The van der Waals surface area contributed by atoms with E-state index in [9.17, 15) is 4.79 Å². The SMILES string of the molecule is CCc1cccc(NN)c1C=O. The first-order valence-corrected chi connectivity index (χ1v) is 3.87. The van der Waals surface area contributed by atoms with Crippen LogP contribution in [0, 0.1) is 0 Å². The van der Waals surface area contributed by atoms with Crippen LogP contribution >= 0.6 is 0 Å². The quantitative estimate of drug-likeness (QED) is 0.403. The summed E-state index contributed by atoms with van der Waals surface area (Å²) in [5, 5.41) is 0. The van der Waals surface area contributed by atoms with E-state index in [1.807, 2.05) is 19.1 Å². The lowest BCUT2D eigenvalue weighted by atomic mass is 10.0. The summed E-state index contributed by atoms with van der Waals surface area (Å²) in [6.45, 7) is 2.00. The molecule has 0 unspecified atom stereocenters. The fourth-order valence-electron chi connectivity index (χ4n) is 1.19. The van der Waals surface area contributed by atoms with Crippen molar-refractivity contribution in [3.8, 4) is 0 Å². The Hall–Kier alpha value is -1.35. The van der Waals surface area contributed by atoms with E-state index in [1.54, 1.807) is 6.07 Å². The van der Waals surface area contributed by atoms with Gasteiger partial charge in [-0.3, -0.25) is 10.6 Å². The molecular weight excluding hydrogens is 152 g/mol. The van der Waals surface area contributed by atoms with Gasteiger partial charge in [0.25, 0.3) is 0 Å². The fourth-order valence-corrected chi connectivity index (χ4v) is 1.19. The Kier molecular flexibility index (Phi) is 2.82. The number of anilines is 1. The first kappa shape index (κ1) is 8.74. The molecule has 0 atom stereocenters. The Labute approximate surface area is 71.5 Å². The van der Waals surface area contributed by atoms with Gasteiger partial charge in [-0.2, -0.15) is 0 Å². The van der Waals surface area contributed by atoms with E-state index in [0.29, 0.717) is 11.3 Å². The Balaban J connectivity index is 3.21. The maximum Gasteiger partial charge on any atom is 0.152 e. The molecule has 1 aromatic carbocycles. The van der Waals surface area contributed by atoms with Crippen LogP contribution in [-0.4, -0.2) is 6.29 Å². The van der Waals surface area contributed by atoms with Crippen molar-refractivity contribution >= 4 is 12.0 Å². The van der Waals surface area contributed by atoms with E-state index >= 15 is 0 Å². The van der Waals surface area contributed by atoms with Crippen LogP contribution in [0.1, 0.15) is 22.8 Å². The number of rotatable bonds is 3. The predicted molar refractivity (Wildman–Crippen MR) is 49.0 cm³/mol. The molecule has 12 heavy (non-hydrogen) atoms. The smallest absolute Gasteiger partial charge is 0.152 e. The van der Waals surface area contributed by atoms with Gasteiger partial charge >= 0.3 is 0 Å². The normalized spacial score (nSPS) is 9.50. The summed E-state index contributed by atoms with van der Waals surface area (Å²) < 4.78 is 0. The number of hydrogen-bond acceptors (Lipinski definition) is 3. The maximum absolute atomic E-state index is 10.7. The van der Waals surface area contributed by atoms with E-state index in [-0.39, 0.29) is 0 Å². The number of aldehydes is 1. The highest BCUT2D eigenvalue weighted by Crippen LogP contribution is 2.17. The van der Waals surface area contributed by atoms with Crippen LogP contribution in [0.3, 0.4) is 0 Å². The Morgan fingerprint density at radius 1 is 1.58 bits per heavy atom. The summed E-state index contributed by atoms with van der Waals surface area (Å²) in [7, 11) is 0. The van der Waals surface area contributed by atoms with Crippen molar-refractivity contribution in [2.24, 2.45) is 5.84 Å². The lowest BCUT2D eigenvalue weighted by Gasteiger charge is -2.06. The summed E-state index contributed by atoms with van der Waals surface area (Å²) in [6, 6.07) is 5.58. The molecule has 0 aliphatic heterocycles. The summed E-state index contributed by atoms with van der Waals surface area (Å²) >= 11 is 0. The molecule has 0 heterocycles. The van der Waals surface area contributed by atoms with Gasteiger partial charge < -0.3 is 5.43 Å². The second-order valence-corrected chi connectivity index (χ2v) is 2.49. The summed E-state index contributed by atoms with van der Waals surface area (Å²) in [6.07, 6.45) is 1.66. The molecule has 0 fully saturated rings. The number of carbonyl (C=O) groups excluding carboxylic acids is 1. The monoisotopic (exact) mass is 164 g/mol. The minimum absolute atomic E-state index is 0.655. The molecule has 3 heteroatoms. The van der Waals surface area contributed by atoms with Gasteiger partial charge in [0, 0.05) is 5.56 Å². The van der Waals surface area contributed by atoms with Crippen molar-refractivity contribution < 1.29 is 4.79 Å². The highest BCUT2D eigenvalue weighted by Gasteiger charge is 2.03. The minimum atomic E-state index is 0.655. The van der Waals surface area contributed by atoms with Crippen molar-refractivity contribution in [3.63, 3.8) is 0 Å². The third kappa shape index (κ3) is 1.46. The van der Waals surface area contributed by atoms with Crippen LogP contribution in [0.4, 0.5) is 5.69 Å². The van der Waals surface area contributed by atoms with Crippen LogP contribution in [0.15, 0.2) is 18.2 Å². The van der Waals surface area contributed by atoms with Crippen LogP contribution in [0.5, 0.6) is 0 Å². The zero-order valence-electron chi connectivity index (χ0n) is 7.00. The number of hydrazine groups is 1.